The fourth-order valence-corrected chi connectivity index (χ4v) is 4.24. The second-order valence-corrected chi connectivity index (χ2v) is 7.70. The van der Waals surface area contributed by atoms with Gasteiger partial charge in [-0.05, 0) is 30.7 Å². The van der Waals surface area contributed by atoms with E-state index in [1.165, 1.54) is 11.8 Å². The normalized spacial score (nSPS) is 17.8. The van der Waals surface area contributed by atoms with E-state index in [-0.39, 0.29) is 12.6 Å². The number of nitrogens with one attached hydrogen (secondary N) is 2. The molecule has 0 bridgehead atoms. The fourth-order valence-electron chi connectivity index (χ4n) is 3.35. The first-order valence-electron chi connectivity index (χ1n) is 9.70. The summed E-state index contributed by atoms with van der Waals surface area (Å²) in [6, 6.07) is 14.2. The van der Waals surface area contributed by atoms with Crippen LogP contribution in [0.25, 0.3) is 0 Å². The van der Waals surface area contributed by atoms with E-state index in [1.807, 2.05) is 48.5 Å². The van der Waals surface area contributed by atoms with Gasteiger partial charge in [0.1, 0.15) is 13.2 Å². The molecular formula is C22H22N2O5S. The number of esters is 1. The Morgan fingerprint density at radius 1 is 1.13 bits per heavy atom. The summed E-state index contributed by atoms with van der Waals surface area (Å²) in [6.07, 6.45) is 0. The lowest BCUT2D eigenvalue weighted by atomic mass is 9.95. The Morgan fingerprint density at radius 2 is 1.90 bits per heavy atom. The number of ether oxygens (including phenoxy) is 3. The molecule has 0 aliphatic carbocycles. The Hall–Kier alpha value is -3.13. The second-order valence-electron chi connectivity index (χ2n) is 6.65. The van der Waals surface area contributed by atoms with Crippen LogP contribution in [0.1, 0.15) is 18.5 Å². The lowest BCUT2D eigenvalue weighted by molar-refractivity contribution is -0.139. The summed E-state index contributed by atoms with van der Waals surface area (Å²) in [5, 5.41) is 5.63. The largest absolute Gasteiger partial charge is 0.486 e. The van der Waals surface area contributed by atoms with E-state index in [0.717, 1.165) is 16.2 Å². The summed E-state index contributed by atoms with van der Waals surface area (Å²) >= 11 is 1.49. The molecule has 2 aromatic carbocycles. The van der Waals surface area contributed by atoms with E-state index in [4.69, 9.17) is 14.2 Å². The molecular weight excluding hydrogens is 404 g/mol. The van der Waals surface area contributed by atoms with Gasteiger partial charge in [-0.25, -0.2) is 9.59 Å². The van der Waals surface area contributed by atoms with Crippen molar-refractivity contribution in [2.45, 2.75) is 17.9 Å². The Morgan fingerprint density at radius 3 is 2.67 bits per heavy atom. The predicted octanol–water partition coefficient (Wildman–Crippen LogP) is 3.42. The molecule has 0 radical (unpaired) electrons. The van der Waals surface area contributed by atoms with E-state index in [0.29, 0.717) is 36.0 Å². The summed E-state index contributed by atoms with van der Waals surface area (Å²) in [7, 11) is 0. The number of thioether (sulfide) groups is 1. The van der Waals surface area contributed by atoms with Crippen LogP contribution in [0, 0.1) is 0 Å². The van der Waals surface area contributed by atoms with E-state index in [1.54, 1.807) is 6.92 Å². The van der Waals surface area contributed by atoms with Crippen molar-refractivity contribution in [2.24, 2.45) is 0 Å². The van der Waals surface area contributed by atoms with Crippen LogP contribution in [0.3, 0.4) is 0 Å². The Balaban J connectivity index is 1.63. The van der Waals surface area contributed by atoms with E-state index < -0.39 is 12.0 Å². The van der Waals surface area contributed by atoms with Crippen molar-refractivity contribution in [3.63, 3.8) is 0 Å². The van der Waals surface area contributed by atoms with Crippen LogP contribution in [0.2, 0.25) is 0 Å². The second kappa shape index (κ2) is 9.13. The van der Waals surface area contributed by atoms with Gasteiger partial charge in [-0.1, -0.05) is 30.3 Å². The molecule has 2 aliphatic heterocycles. The van der Waals surface area contributed by atoms with E-state index in [2.05, 4.69) is 10.6 Å². The molecule has 0 saturated carbocycles. The van der Waals surface area contributed by atoms with Gasteiger partial charge in [0.25, 0.3) is 0 Å². The van der Waals surface area contributed by atoms with Crippen LogP contribution < -0.4 is 20.1 Å². The SMILES string of the molecule is CCOC(=O)C1=C(CSc2ccc3c(c2)OCCO3)NC(=O)NC1c1ccccc1. The third-order valence-electron chi connectivity index (χ3n) is 4.68. The molecule has 1 atom stereocenters. The summed E-state index contributed by atoms with van der Waals surface area (Å²) in [6.45, 7) is 3.06. The van der Waals surface area contributed by atoms with Crippen LogP contribution in [0.5, 0.6) is 11.5 Å². The molecule has 0 fully saturated rings. The van der Waals surface area contributed by atoms with Crippen molar-refractivity contribution in [2.75, 3.05) is 25.6 Å². The third kappa shape index (κ3) is 4.38. The topological polar surface area (TPSA) is 85.9 Å². The molecule has 7 nitrogen and oxygen atoms in total. The number of hydrogen-bond donors (Lipinski definition) is 2. The summed E-state index contributed by atoms with van der Waals surface area (Å²) in [5.74, 6) is 1.36. The first-order valence-corrected chi connectivity index (χ1v) is 10.7. The minimum Gasteiger partial charge on any atom is -0.486 e. The smallest absolute Gasteiger partial charge is 0.338 e. The summed E-state index contributed by atoms with van der Waals surface area (Å²) in [5.41, 5.74) is 1.76. The van der Waals surface area contributed by atoms with Gasteiger partial charge in [-0.3, -0.25) is 0 Å². The number of benzene rings is 2. The molecule has 0 spiro atoms. The van der Waals surface area contributed by atoms with Gasteiger partial charge in [0.05, 0.1) is 18.2 Å². The number of urea groups is 1. The monoisotopic (exact) mass is 426 g/mol. The Labute approximate surface area is 178 Å². The summed E-state index contributed by atoms with van der Waals surface area (Å²) < 4.78 is 16.5. The number of amides is 2. The highest BCUT2D eigenvalue weighted by molar-refractivity contribution is 7.99. The molecule has 2 aromatic rings. The zero-order valence-corrected chi connectivity index (χ0v) is 17.3. The molecule has 156 valence electrons. The van der Waals surface area contributed by atoms with Gasteiger partial charge < -0.3 is 24.8 Å². The Bertz CT molecular complexity index is 977. The van der Waals surface area contributed by atoms with Gasteiger partial charge >= 0.3 is 12.0 Å². The molecule has 0 saturated heterocycles. The van der Waals surface area contributed by atoms with Crippen molar-refractivity contribution in [3.05, 3.63) is 65.4 Å². The lowest BCUT2D eigenvalue weighted by Crippen LogP contribution is -2.46. The number of fused-ring (bicyclic) bond motifs is 1. The minimum absolute atomic E-state index is 0.250. The molecule has 8 heteroatoms. The van der Waals surface area contributed by atoms with Crippen LogP contribution in [0.15, 0.2) is 64.7 Å². The Kier molecular flexibility index (Phi) is 6.13. The van der Waals surface area contributed by atoms with Crippen molar-refractivity contribution in [1.82, 2.24) is 10.6 Å². The van der Waals surface area contributed by atoms with Crippen LogP contribution >= 0.6 is 11.8 Å². The molecule has 30 heavy (non-hydrogen) atoms. The van der Waals surface area contributed by atoms with Crippen molar-refractivity contribution in [3.8, 4) is 11.5 Å². The lowest BCUT2D eigenvalue weighted by Gasteiger charge is -2.29. The predicted molar refractivity (Wildman–Crippen MR) is 113 cm³/mol. The minimum atomic E-state index is -0.574. The van der Waals surface area contributed by atoms with Gasteiger partial charge in [0, 0.05) is 16.3 Å². The summed E-state index contributed by atoms with van der Waals surface area (Å²) in [4.78, 5) is 26.1. The highest BCUT2D eigenvalue weighted by Gasteiger charge is 2.33. The maximum atomic E-state index is 12.8. The standard InChI is InChI=1S/C22H22N2O5S/c1-2-27-21(25)19-16(23-22(26)24-20(19)14-6-4-3-5-7-14)13-30-15-8-9-17-18(12-15)29-11-10-28-17/h3-9,12,20H,2,10-11,13H2,1H3,(H2,23,24,26). The average Bonchev–Trinajstić information content (AvgIpc) is 2.78. The maximum Gasteiger partial charge on any atom is 0.338 e. The number of hydrogen-bond acceptors (Lipinski definition) is 6. The molecule has 2 heterocycles. The third-order valence-corrected chi connectivity index (χ3v) is 5.70. The van der Waals surface area contributed by atoms with Gasteiger partial charge in [-0.2, -0.15) is 0 Å². The quantitative estimate of drug-likeness (QED) is 0.544. The van der Waals surface area contributed by atoms with Crippen molar-refractivity contribution < 1.29 is 23.8 Å². The van der Waals surface area contributed by atoms with E-state index in [9.17, 15) is 9.59 Å². The van der Waals surface area contributed by atoms with Crippen LogP contribution in [0.4, 0.5) is 4.79 Å². The molecule has 4 rings (SSSR count). The van der Waals surface area contributed by atoms with Gasteiger partial charge in [0.15, 0.2) is 11.5 Å². The molecule has 1 unspecified atom stereocenters. The van der Waals surface area contributed by atoms with Gasteiger partial charge in [0.2, 0.25) is 0 Å². The average molecular weight is 426 g/mol. The molecule has 2 amide bonds. The van der Waals surface area contributed by atoms with Crippen LogP contribution in [-0.4, -0.2) is 37.6 Å². The highest BCUT2D eigenvalue weighted by Crippen LogP contribution is 2.36. The zero-order chi connectivity index (χ0) is 20.9. The molecule has 2 aliphatic rings. The first-order chi connectivity index (χ1) is 14.7. The van der Waals surface area contributed by atoms with Crippen molar-refractivity contribution >= 4 is 23.8 Å². The zero-order valence-electron chi connectivity index (χ0n) is 16.5. The molecule has 0 aromatic heterocycles. The molecule has 2 N–H and O–H groups in total. The van der Waals surface area contributed by atoms with E-state index >= 15 is 0 Å². The number of rotatable bonds is 6. The highest BCUT2D eigenvalue weighted by atomic mass is 32.2. The van der Waals surface area contributed by atoms with Crippen molar-refractivity contribution in [1.29, 1.82) is 0 Å². The fraction of sp³-hybridized carbons (Fsp3) is 0.273. The first kappa shape index (κ1) is 20.2. The maximum absolute atomic E-state index is 12.8. The van der Waals surface area contributed by atoms with Gasteiger partial charge in [-0.15, -0.1) is 11.8 Å². The van der Waals surface area contributed by atoms with Crippen LogP contribution in [-0.2, 0) is 9.53 Å². The number of carbonyl (C=O) groups is 2. The number of carbonyl (C=O) groups excluding carboxylic acids is 2.